The Bertz CT molecular complexity index is 875. The lowest BCUT2D eigenvalue weighted by atomic mass is 10.1. The normalized spacial score (nSPS) is 10.8. The van der Waals surface area contributed by atoms with E-state index in [2.05, 4.69) is 0 Å². The summed E-state index contributed by atoms with van der Waals surface area (Å²) >= 11 is 0. The van der Waals surface area contributed by atoms with E-state index in [4.69, 9.17) is 24.8 Å². The standard InChI is InChI=1S/C22H28N2O8/c1-4-30-21(26)18-15-9-7-14(13-17(25)24(28)32-12-6-11-29-3)8-10-16(15)19(20(18)23)22(27)31-5-2/h7-10,28H,4-6,11-13,23H2,1-3H3. The predicted molar refractivity (Wildman–Crippen MR) is 114 cm³/mol. The smallest absolute Gasteiger partial charge is 0.340 e. The van der Waals surface area contributed by atoms with Crippen LogP contribution < -0.4 is 5.73 Å². The van der Waals surface area contributed by atoms with Crippen molar-refractivity contribution in [2.24, 2.45) is 0 Å². The van der Waals surface area contributed by atoms with Gasteiger partial charge >= 0.3 is 11.9 Å². The van der Waals surface area contributed by atoms with Crippen molar-refractivity contribution in [3.05, 3.63) is 41.0 Å². The highest BCUT2D eigenvalue weighted by Crippen LogP contribution is 2.39. The molecule has 32 heavy (non-hydrogen) atoms. The number of hydroxylamine groups is 2. The lowest BCUT2D eigenvalue weighted by Gasteiger charge is -2.13. The molecule has 2 aliphatic carbocycles. The van der Waals surface area contributed by atoms with Crippen molar-refractivity contribution in [3.63, 3.8) is 0 Å². The van der Waals surface area contributed by atoms with Crippen molar-refractivity contribution in [2.45, 2.75) is 26.7 Å². The molecule has 0 atom stereocenters. The van der Waals surface area contributed by atoms with Crippen molar-refractivity contribution < 1.29 is 38.6 Å². The van der Waals surface area contributed by atoms with Gasteiger partial charge < -0.3 is 19.9 Å². The zero-order valence-corrected chi connectivity index (χ0v) is 18.4. The zero-order valence-electron chi connectivity index (χ0n) is 18.4. The van der Waals surface area contributed by atoms with E-state index in [-0.39, 0.29) is 48.3 Å². The molecule has 3 N–H and O–H groups in total. The first-order chi connectivity index (χ1) is 15.3. The van der Waals surface area contributed by atoms with E-state index in [1.54, 1.807) is 38.1 Å². The summed E-state index contributed by atoms with van der Waals surface area (Å²) in [4.78, 5) is 42.2. The molecule has 10 heteroatoms. The number of fused-ring (bicyclic) bond motifs is 1. The molecule has 0 heterocycles. The number of nitrogens with two attached hydrogens (primary N) is 1. The van der Waals surface area contributed by atoms with Crippen LogP contribution in [0.4, 0.5) is 5.69 Å². The highest BCUT2D eigenvalue weighted by molar-refractivity contribution is 6.15. The number of nitrogens with zero attached hydrogens (tertiary/aromatic N) is 1. The van der Waals surface area contributed by atoms with Gasteiger partial charge in [0.2, 0.25) is 0 Å². The van der Waals surface area contributed by atoms with Crippen molar-refractivity contribution in [3.8, 4) is 11.1 Å². The molecule has 0 aromatic carbocycles. The zero-order chi connectivity index (χ0) is 23.7. The summed E-state index contributed by atoms with van der Waals surface area (Å²) in [5.74, 6) is -2.02. The summed E-state index contributed by atoms with van der Waals surface area (Å²) in [5, 5.41) is 9.95. The van der Waals surface area contributed by atoms with Crippen LogP contribution in [0.25, 0.3) is 11.1 Å². The van der Waals surface area contributed by atoms with Crippen LogP contribution in [0.5, 0.6) is 0 Å². The minimum absolute atomic E-state index is 0.0216. The molecule has 174 valence electrons. The van der Waals surface area contributed by atoms with Crippen LogP contribution in [0.15, 0.2) is 24.3 Å². The first kappa shape index (κ1) is 25.1. The minimum atomic E-state index is -0.691. The molecular formula is C22H28N2O8. The van der Waals surface area contributed by atoms with Gasteiger partial charge in [0.15, 0.2) is 0 Å². The van der Waals surface area contributed by atoms with E-state index in [0.717, 1.165) is 0 Å². The summed E-state index contributed by atoms with van der Waals surface area (Å²) in [6.07, 6.45) is 0.321. The molecule has 0 saturated carbocycles. The van der Waals surface area contributed by atoms with Crippen LogP contribution >= 0.6 is 0 Å². The molecule has 10 nitrogen and oxygen atoms in total. The lowest BCUT2D eigenvalue weighted by Crippen LogP contribution is -2.29. The van der Waals surface area contributed by atoms with Crippen LogP contribution in [0, 0.1) is 0 Å². The molecule has 0 radical (unpaired) electrons. The summed E-state index contributed by atoms with van der Waals surface area (Å²) in [5.41, 5.74) is 7.51. The highest BCUT2D eigenvalue weighted by Gasteiger charge is 2.30. The van der Waals surface area contributed by atoms with Gasteiger partial charge in [-0.05, 0) is 37.0 Å². The summed E-state index contributed by atoms with van der Waals surface area (Å²) < 4.78 is 15.1. The molecule has 0 bridgehead atoms. The van der Waals surface area contributed by atoms with E-state index in [1.807, 2.05) is 0 Å². The van der Waals surface area contributed by atoms with E-state index in [1.165, 1.54) is 7.11 Å². The fourth-order valence-electron chi connectivity index (χ4n) is 3.10. The largest absolute Gasteiger partial charge is 0.462 e. The molecule has 0 saturated heterocycles. The third-order valence-electron chi connectivity index (χ3n) is 4.53. The molecular weight excluding hydrogens is 420 g/mol. The number of carbonyl (C=O) groups is 3. The number of anilines is 1. The number of carbonyl (C=O) groups excluding carboxylic acids is 3. The monoisotopic (exact) mass is 448 g/mol. The SMILES string of the molecule is CCOC(=O)c1c2ccc(CC(=O)N(O)OCCCOC)ccc-2c(C(=O)OCC)c1N. The number of esters is 2. The number of hydrogen-bond acceptors (Lipinski definition) is 9. The van der Waals surface area contributed by atoms with E-state index in [0.29, 0.717) is 29.7 Å². The topological polar surface area (TPSA) is 138 Å². The summed E-state index contributed by atoms with van der Waals surface area (Å²) in [7, 11) is 1.54. The Labute approximate surface area is 186 Å². The minimum Gasteiger partial charge on any atom is -0.462 e. The van der Waals surface area contributed by atoms with Crippen molar-refractivity contribution >= 4 is 23.5 Å². The Morgan fingerprint density at radius 3 is 1.94 bits per heavy atom. The van der Waals surface area contributed by atoms with Crippen LogP contribution in [-0.4, -0.2) is 61.8 Å². The van der Waals surface area contributed by atoms with Gasteiger partial charge in [-0.1, -0.05) is 29.5 Å². The molecule has 0 unspecified atom stereocenters. The first-order valence-corrected chi connectivity index (χ1v) is 10.2. The first-order valence-electron chi connectivity index (χ1n) is 10.2. The van der Waals surface area contributed by atoms with Crippen LogP contribution in [0.2, 0.25) is 0 Å². The lowest BCUT2D eigenvalue weighted by molar-refractivity contribution is -0.315. The van der Waals surface area contributed by atoms with Gasteiger partial charge in [-0.25, -0.2) is 14.4 Å². The third kappa shape index (κ3) is 5.94. The molecule has 0 fully saturated rings. The van der Waals surface area contributed by atoms with Gasteiger partial charge in [-0.15, -0.1) is 0 Å². The Balaban J connectivity index is 2.36. The number of hydrogen-bond donors (Lipinski definition) is 2. The average Bonchev–Trinajstić information content (AvgIpc) is 2.89. The van der Waals surface area contributed by atoms with E-state index in [9.17, 15) is 19.6 Å². The second-order valence-corrected chi connectivity index (χ2v) is 6.70. The Hall–Kier alpha value is -3.21. The van der Waals surface area contributed by atoms with Crippen molar-refractivity contribution in [1.29, 1.82) is 0 Å². The van der Waals surface area contributed by atoms with Gasteiger partial charge in [-0.3, -0.25) is 10.0 Å². The van der Waals surface area contributed by atoms with Gasteiger partial charge in [0.05, 0.1) is 43.1 Å². The van der Waals surface area contributed by atoms with Gasteiger partial charge in [0, 0.05) is 13.7 Å². The maximum atomic E-state index is 12.5. The third-order valence-corrected chi connectivity index (χ3v) is 4.53. The Morgan fingerprint density at radius 1 is 0.938 bits per heavy atom. The molecule has 0 aliphatic heterocycles. The second-order valence-electron chi connectivity index (χ2n) is 6.70. The number of rotatable bonds is 11. The van der Waals surface area contributed by atoms with Crippen molar-refractivity contribution in [2.75, 3.05) is 39.3 Å². The fraction of sp³-hybridized carbons (Fsp3) is 0.409. The van der Waals surface area contributed by atoms with E-state index < -0.39 is 17.8 Å². The molecule has 0 spiro atoms. The van der Waals surface area contributed by atoms with Crippen molar-refractivity contribution in [1.82, 2.24) is 5.23 Å². The second kappa shape index (κ2) is 12.0. The predicted octanol–water partition coefficient (Wildman–Crippen LogP) is 2.46. The van der Waals surface area contributed by atoms with Crippen LogP contribution in [0.3, 0.4) is 0 Å². The fourth-order valence-corrected chi connectivity index (χ4v) is 3.10. The quantitative estimate of drug-likeness (QED) is 0.230. The summed E-state index contributed by atoms with van der Waals surface area (Å²) in [6, 6.07) is 6.33. The van der Waals surface area contributed by atoms with Crippen LogP contribution in [0.1, 0.15) is 46.5 Å². The maximum absolute atomic E-state index is 12.5. The van der Waals surface area contributed by atoms with E-state index >= 15 is 0 Å². The number of methoxy groups -OCH3 is 1. The maximum Gasteiger partial charge on any atom is 0.340 e. The van der Waals surface area contributed by atoms with Gasteiger partial charge in [0.1, 0.15) is 0 Å². The van der Waals surface area contributed by atoms with Gasteiger partial charge in [-0.2, -0.15) is 0 Å². The number of amides is 1. The Morgan fingerprint density at radius 2 is 1.47 bits per heavy atom. The summed E-state index contributed by atoms with van der Waals surface area (Å²) in [6.45, 7) is 4.13. The molecule has 0 aromatic heterocycles. The molecule has 2 aliphatic rings. The molecule has 2 rings (SSSR count). The Kier molecular flexibility index (Phi) is 9.39. The number of nitrogen functional groups attached to an aromatic ring is 1. The van der Waals surface area contributed by atoms with Gasteiger partial charge in [0.25, 0.3) is 5.91 Å². The average molecular weight is 448 g/mol. The van der Waals surface area contributed by atoms with Crippen LogP contribution in [-0.2, 0) is 30.3 Å². The molecule has 0 aromatic rings. The molecule has 1 amide bonds. The number of ether oxygens (including phenoxy) is 3. The highest BCUT2D eigenvalue weighted by atomic mass is 16.9.